The van der Waals surface area contributed by atoms with Crippen molar-refractivity contribution in [2.24, 2.45) is 17.8 Å². The van der Waals surface area contributed by atoms with Crippen LogP contribution in [0.25, 0.3) is 0 Å². The third-order valence-electron chi connectivity index (χ3n) is 6.49. The minimum absolute atomic E-state index is 0.102. The number of ether oxygens (including phenoxy) is 1. The van der Waals surface area contributed by atoms with Crippen molar-refractivity contribution >= 4 is 11.8 Å². The third-order valence-corrected chi connectivity index (χ3v) is 6.49. The van der Waals surface area contributed by atoms with Gasteiger partial charge in [0.05, 0.1) is 12.5 Å². The van der Waals surface area contributed by atoms with Gasteiger partial charge in [0, 0.05) is 39.3 Å². The van der Waals surface area contributed by atoms with E-state index >= 15 is 0 Å². The summed E-state index contributed by atoms with van der Waals surface area (Å²) < 4.78 is 5.80. The van der Waals surface area contributed by atoms with E-state index in [-0.39, 0.29) is 17.7 Å². The maximum atomic E-state index is 13.0. The SMILES string of the molecule is CC1CC(C)CN(C(=O)CN2CCN(C(=O)C3COc4ccccc4C3)CC2)C1. The van der Waals surface area contributed by atoms with Gasteiger partial charge in [-0.3, -0.25) is 14.5 Å². The van der Waals surface area contributed by atoms with Crippen LogP contribution in [0.2, 0.25) is 0 Å². The Hall–Kier alpha value is -2.08. The highest BCUT2D eigenvalue weighted by atomic mass is 16.5. The van der Waals surface area contributed by atoms with E-state index in [9.17, 15) is 9.59 Å². The van der Waals surface area contributed by atoms with E-state index < -0.39 is 0 Å². The molecule has 3 unspecified atom stereocenters. The van der Waals surface area contributed by atoms with E-state index in [1.54, 1.807) is 0 Å². The first-order valence-electron chi connectivity index (χ1n) is 11.0. The van der Waals surface area contributed by atoms with Gasteiger partial charge in [-0.15, -0.1) is 0 Å². The van der Waals surface area contributed by atoms with Gasteiger partial charge in [-0.1, -0.05) is 32.0 Å². The molecular formula is C23H33N3O3. The summed E-state index contributed by atoms with van der Waals surface area (Å²) in [6, 6.07) is 7.97. The van der Waals surface area contributed by atoms with E-state index in [1.165, 1.54) is 6.42 Å². The predicted molar refractivity (Wildman–Crippen MR) is 112 cm³/mol. The van der Waals surface area contributed by atoms with Gasteiger partial charge in [0.1, 0.15) is 12.4 Å². The smallest absolute Gasteiger partial charge is 0.236 e. The van der Waals surface area contributed by atoms with Crippen LogP contribution in [0.3, 0.4) is 0 Å². The van der Waals surface area contributed by atoms with Crippen LogP contribution >= 0.6 is 0 Å². The van der Waals surface area contributed by atoms with Gasteiger partial charge in [0.15, 0.2) is 0 Å². The number of hydrogen-bond acceptors (Lipinski definition) is 4. The fraction of sp³-hybridized carbons (Fsp3) is 0.652. The minimum atomic E-state index is -0.102. The molecule has 0 aliphatic carbocycles. The van der Waals surface area contributed by atoms with Crippen LogP contribution in [0.5, 0.6) is 5.75 Å². The topological polar surface area (TPSA) is 53.1 Å². The molecule has 3 aliphatic heterocycles. The molecule has 3 atom stereocenters. The Bertz CT molecular complexity index is 735. The van der Waals surface area contributed by atoms with Crippen LogP contribution in [0, 0.1) is 17.8 Å². The number of carbonyl (C=O) groups excluding carboxylic acids is 2. The zero-order valence-corrected chi connectivity index (χ0v) is 17.7. The Labute approximate surface area is 173 Å². The fourth-order valence-corrected chi connectivity index (χ4v) is 5.03. The molecule has 29 heavy (non-hydrogen) atoms. The van der Waals surface area contributed by atoms with Crippen LogP contribution in [0.1, 0.15) is 25.8 Å². The van der Waals surface area contributed by atoms with Crippen LogP contribution in [-0.2, 0) is 16.0 Å². The molecule has 2 saturated heterocycles. The van der Waals surface area contributed by atoms with Crippen molar-refractivity contribution in [2.45, 2.75) is 26.7 Å². The quantitative estimate of drug-likeness (QED) is 0.779. The Kier molecular flexibility index (Phi) is 6.09. The van der Waals surface area contributed by atoms with Crippen LogP contribution in [0.4, 0.5) is 0 Å². The molecule has 158 valence electrons. The maximum Gasteiger partial charge on any atom is 0.236 e. The Morgan fingerprint density at radius 3 is 2.41 bits per heavy atom. The van der Waals surface area contributed by atoms with E-state index in [0.29, 0.717) is 38.1 Å². The van der Waals surface area contributed by atoms with Crippen molar-refractivity contribution in [1.29, 1.82) is 0 Å². The number of benzene rings is 1. The Balaban J connectivity index is 1.25. The summed E-state index contributed by atoms with van der Waals surface area (Å²) in [5.41, 5.74) is 1.12. The molecule has 0 bridgehead atoms. The standard InChI is InChI=1S/C23H33N3O3/c1-17-11-18(2)14-26(13-17)22(27)15-24-7-9-25(10-8-24)23(28)20-12-19-5-3-4-6-21(19)29-16-20/h3-6,17-18,20H,7-16H2,1-2H3. The van der Waals surface area contributed by atoms with Gasteiger partial charge in [-0.25, -0.2) is 0 Å². The summed E-state index contributed by atoms with van der Waals surface area (Å²) >= 11 is 0. The zero-order chi connectivity index (χ0) is 20.4. The molecule has 0 N–H and O–H groups in total. The molecule has 6 nitrogen and oxygen atoms in total. The molecule has 0 aromatic heterocycles. The molecule has 2 fully saturated rings. The van der Waals surface area contributed by atoms with Gasteiger partial charge in [-0.2, -0.15) is 0 Å². The lowest BCUT2D eigenvalue weighted by molar-refractivity contribution is -0.140. The summed E-state index contributed by atoms with van der Waals surface area (Å²) in [7, 11) is 0. The zero-order valence-electron chi connectivity index (χ0n) is 17.7. The molecule has 4 rings (SSSR count). The number of carbonyl (C=O) groups is 2. The van der Waals surface area contributed by atoms with Crippen molar-refractivity contribution < 1.29 is 14.3 Å². The predicted octanol–water partition coefficient (Wildman–Crippen LogP) is 1.89. The first-order valence-corrected chi connectivity index (χ1v) is 11.0. The van der Waals surface area contributed by atoms with E-state index in [4.69, 9.17) is 4.74 Å². The summed E-state index contributed by atoms with van der Waals surface area (Å²) in [6.45, 7) is 10.1. The summed E-state index contributed by atoms with van der Waals surface area (Å²) in [4.78, 5) is 31.9. The normalized spacial score (nSPS) is 27.9. The highest BCUT2D eigenvalue weighted by molar-refractivity contribution is 5.80. The monoisotopic (exact) mass is 399 g/mol. The second kappa shape index (κ2) is 8.74. The number of amides is 2. The summed E-state index contributed by atoms with van der Waals surface area (Å²) in [5, 5.41) is 0. The molecule has 0 radical (unpaired) electrons. The molecule has 1 aromatic carbocycles. The highest BCUT2D eigenvalue weighted by Crippen LogP contribution is 2.28. The molecule has 0 spiro atoms. The van der Waals surface area contributed by atoms with Crippen LogP contribution in [0.15, 0.2) is 24.3 Å². The fourth-order valence-electron chi connectivity index (χ4n) is 5.03. The van der Waals surface area contributed by atoms with Crippen molar-refractivity contribution in [3.05, 3.63) is 29.8 Å². The average Bonchev–Trinajstić information content (AvgIpc) is 2.72. The van der Waals surface area contributed by atoms with Gasteiger partial charge < -0.3 is 14.5 Å². The Morgan fingerprint density at radius 1 is 1.00 bits per heavy atom. The number of hydrogen-bond donors (Lipinski definition) is 0. The number of piperidine rings is 1. The van der Waals surface area contributed by atoms with Crippen molar-refractivity contribution in [1.82, 2.24) is 14.7 Å². The van der Waals surface area contributed by atoms with Crippen molar-refractivity contribution in [2.75, 3.05) is 52.4 Å². The molecule has 6 heteroatoms. The van der Waals surface area contributed by atoms with Crippen molar-refractivity contribution in [3.8, 4) is 5.75 Å². The Morgan fingerprint density at radius 2 is 1.69 bits per heavy atom. The number of fused-ring (bicyclic) bond motifs is 1. The van der Waals surface area contributed by atoms with E-state index in [2.05, 4.69) is 18.7 Å². The number of piperazine rings is 1. The third kappa shape index (κ3) is 4.74. The first-order chi connectivity index (χ1) is 14.0. The van der Waals surface area contributed by atoms with Crippen LogP contribution < -0.4 is 4.74 Å². The second-order valence-electron chi connectivity index (χ2n) is 9.17. The summed E-state index contributed by atoms with van der Waals surface area (Å²) in [6.07, 6.45) is 1.96. The first kappa shape index (κ1) is 20.2. The lowest BCUT2D eigenvalue weighted by atomic mass is 9.92. The highest BCUT2D eigenvalue weighted by Gasteiger charge is 2.32. The van der Waals surface area contributed by atoms with Gasteiger partial charge in [0.2, 0.25) is 11.8 Å². The lowest BCUT2D eigenvalue weighted by Gasteiger charge is -2.39. The number of para-hydroxylation sites is 1. The van der Waals surface area contributed by atoms with Crippen molar-refractivity contribution in [3.63, 3.8) is 0 Å². The molecule has 1 aromatic rings. The van der Waals surface area contributed by atoms with Crippen LogP contribution in [-0.4, -0.2) is 78.9 Å². The minimum Gasteiger partial charge on any atom is -0.492 e. The number of rotatable bonds is 3. The number of nitrogens with zero attached hydrogens (tertiary/aromatic N) is 3. The van der Waals surface area contributed by atoms with Gasteiger partial charge in [-0.05, 0) is 36.3 Å². The average molecular weight is 400 g/mol. The molecule has 0 saturated carbocycles. The molecule has 2 amide bonds. The summed E-state index contributed by atoms with van der Waals surface area (Å²) in [5.74, 6) is 2.39. The largest absolute Gasteiger partial charge is 0.492 e. The van der Waals surface area contributed by atoms with E-state index in [0.717, 1.165) is 43.9 Å². The maximum absolute atomic E-state index is 13.0. The van der Waals surface area contributed by atoms with E-state index in [1.807, 2.05) is 34.1 Å². The number of likely N-dealkylation sites (tertiary alicyclic amines) is 1. The second-order valence-corrected chi connectivity index (χ2v) is 9.17. The molecule has 3 heterocycles. The molecule has 3 aliphatic rings. The van der Waals surface area contributed by atoms with Gasteiger partial charge >= 0.3 is 0 Å². The van der Waals surface area contributed by atoms with Gasteiger partial charge in [0.25, 0.3) is 0 Å². The lowest BCUT2D eigenvalue weighted by Crippen LogP contribution is -2.54. The molecular weight excluding hydrogens is 366 g/mol.